The first-order valence-corrected chi connectivity index (χ1v) is 12.2. The number of hydrogen-bond donors (Lipinski definition) is 3. The first kappa shape index (κ1) is 26.3. The number of aryl methyl sites for hydroxylation is 2. The van der Waals surface area contributed by atoms with Crippen molar-refractivity contribution < 1.29 is 15.3 Å². The number of benzene rings is 2. The van der Waals surface area contributed by atoms with E-state index in [1.807, 2.05) is 18.2 Å². The van der Waals surface area contributed by atoms with E-state index in [1.54, 1.807) is 0 Å². The molecule has 2 aromatic rings. The van der Waals surface area contributed by atoms with Crippen LogP contribution in [0.1, 0.15) is 87.3 Å². The van der Waals surface area contributed by atoms with Crippen molar-refractivity contribution in [3.8, 4) is 0 Å². The molecule has 0 saturated carbocycles. The van der Waals surface area contributed by atoms with Crippen LogP contribution in [0.4, 0.5) is 0 Å². The van der Waals surface area contributed by atoms with Crippen molar-refractivity contribution in [2.45, 2.75) is 91.5 Å². The van der Waals surface area contributed by atoms with Crippen LogP contribution in [0.2, 0.25) is 0 Å². The van der Waals surface area contributed by atoms with Crippen molar-refractivity contribution in [2.75, 3.05) is 0 Å². The zero-order valence-corrected chi connectivity index (χ0v) is 20.6. The highest BCUT2D eigenvalue weighted by Gasteiger charge is 2.26. The van der Waals surface area contributed by atoms with Crippen LogP contribution in [-0.2, 0) is 31.5 Å². The van der Waals surface area contributed by atoms with Crippen molar-refractivity contribution in [3.63, 3.8) is 0 Å². The van der Waals surface area contributed by atoms with Crippen LogP contribution in [0.15, 0.2) is 42.5 Å². The van der Waals surface area contributed by atoms with Crippen molar-refractivity contribution in [1.82, 2.24) is 0 Å². The third kappa shape index (κ3) is 6.31. The summed E-state index contributed by atoms with van der Waals surface area (Å²) in [5, 5.41) is 29.3. The maximum absolute atomic E-state index is 10.2. The van der Waals surface area contributed by atoms with Crippen molar-refractivity contribution in [3.05, 3.63) is 75.9 Å². The molecule has 1 unspecified atom stereocenters. The Morgan fingerprint density at radius 2 is 1.50 bits per heavy atom. The van der Waals surface area contributed by atoms with Gasteiger partial charge in [-0.3, -0.25) is 0 Å². The second-order valence-corrected chi connectivity index (χ2v) is 9.23. The van der Waals surface area contributed by atoms with E-state index in [0.717, 1.165) is 48.8 Å². The zero-order chi connectivity index (χ0) is 23.7. The van der Waals surface area contributed by atoms with Crippen LogP contribution in [0.25, 0.3) is 6.08 Å². The van der Waals surface area contributed by atoms with Crippen LogP contribution in [0.5, 0.6) is 0 Å². The highest BCUT2D eigenvalue weighted by molar-refractivity contribution is 5.55. The van der Waals surface area contributed by atoms with E-state index in [0.29, 0.717) is 0 Å². The van der Waals surface area contributed by atoms with Gasteiger partial charge in [0.1, 0.15) is 0 Å². The molecule has 32 heavy (non-hydrogen) atoms. The summed E-state index contributed by atoms with van der Waals surface area (Å²) < 4.78 is 0. The second-order valence-electron chi connectivity index (χ2n) is 9.23. The molecular formula is C29H42O3. The molecule has 0 heterocycles. The molecule has 3 N–H and O–H groups in total. The highest BCUT2D eigenvalue weighted by atomic mass is 16.3. The summed E-state index contributed by atoms with van der Waals surface area (Å²) in [6, 6.07) is 12.7. The molecule has 3 nitrogen and oxygen atoms in total. The van der Waals surface area contributed by atoms with E-state index in [1.165, 1.54) is 16.7 Å². The first-order chi connectivity index (χ1) is 15.3. The maximum Gasteiger partial charge on any atom is 0.0685 e. The molecule has 2 aromatic carbocycles. The highest BCUT2D eigenvalue weighted by Crippen LogP contribution is 2.35. The Kier molecular flexibility index (Phi) is 10.1. The van der Waals surface area contributed by atoms with Gasteiger partial charge in [0.15, 0.2) is 0 Å². The fourth-order valence-electron chi connectivity index (χ4n) is 4.44. The Morgan fingerprint density at radius 3 is 2.06 bits per heavy atom. The van der Waals surface area contributed by atoms with Crippen LogP contribution in [0, 0.1) is 5.92 Å². The lowest BCUT2D eigenvalue weighted by Crippen LogP contribution is -2.22. The second kappa shape index (κ2) is 12.3. The number of allylic oxidation sites excluding steroid dienone is 1. The fourth-order valence-corrected chi connectivity index (χ4v) is 4.44. The van der Waals surface area contributed by atoms with Crippen molar-refractivity contribution in [1.29, 1.82) is 0 Å². The van der Waals surface area contributed by atoms with E-state index in [-0.39, 0.29) is 30.7 Å². The van der Waals surface area contributed by atoms with Crippen LogP contribution in [-0.4, -0.2) is 21.4 Å². The molecule has 0 aliphatic rings. The molecule has 0 bridgehead atoms. The Balaban J connectivity index is 2.35. The molecule has 2 rings (SSSR count). The fraction of sp³-hybridized carbons (Fsp3) is 0.517. The third-order valence-electron chi connectivity index (χ3n) is 7.07. The zero-order valence-electron chi connectivity index (χ0n) is 20.6. The largest absolute Gasteiger partial charge is 0.393 e. The minimum atomic E-state index is -0.256. The topological polar surface area (TPSA) is 60.7 Å². The van der Waals surface area contributed by atoms with Gasteiger partial charge in [-0.15, -0.1) is 0 Å². The van der Waals surface area contributed by atoms with E-state index in [4.69, 9.17) is 0 Å². The monoisotopic (exact) mass is 438 g/mol. The lowest BCUT2D eigenvalue weighted by atomic mass is 9.74. The summed E-state index contributed by atoms with van der Waals surface area (Å²) in [7, 11) is 0. The van der Waals surface area contributed by atoms with Gasteiger partial charge in [0.2, 0.25) is 0 Å². The van der Waals surface area contributed by atoms with E-state index < -0.39 is 0 Å². The SMILES string of the molecule is CCc1cc(C(C=Cc2ccc(CO)c(CO)c2)(CC)CC)ccc1CCC(O)C(C)C. The van der Waals surface area contributed by atoms with Gasteiger partial charge >= 0.3 is 0 Å². The lowest BCUT2D eigenvalue weighted by molar-refractivity contribution is 0.116. The predicted octanol–water partition coefficient (Wildman–Crippen LogP) is 5.95. The van der Waals surface area contributed by atoms with Gasteiger partial charge < -0.3 is 15.3 Å². The molecule has 0 saturated heterocycles. The molecule has 0 spiro atoms. The Labute approximate surface area is 194 Å². The van der Waals surface area contributed by atoms with Crippen molar-refractivity contribution in [2.24, 2.45) is 5.92 Å². The molecule has 3 heteroatoms. The van der Waals surface area contributed by atoms with Gasteiger partial charge in [0.05, 0.1) is 19.3 Å². The van der Waals surface area contributed by atoms with Gasteiger partial charge in [0, 0.05) is 5.41 Å². The first-order valence-electron chi connectivity index (χ1n) is 12.2. The van der Waals surface area contributed by atoms with E-state index in [9.17, 15) is 15.3 Å². The molecule has 0 aromatic heterocycles. The number of rotatable bonds is 12. The summed E-state index contributed by atoms with van der Waals surface area (Å²) in [5.74, 6) is 0.287. The third-order valence-corrected chi connectivity index (χ3v) is 7.07. The summed E-state index contributed by atoms with van der Waals surface area (Å²) in [4.78, 5) is 0. The molecule has 0 radical (unpaired) electrons. The van der Waals surface area contributed by atoms with Gasteiger partial charge in [-0.25, -0.2) is 0 Å². The minimum Gasteiger partial charge on any atom is -0.393 e. The minimum absolute atomic E-state index is 0.0606. The predicted molar refractivity (Wildman–Crippen MR) is 135 cm³/mol. The smallest absolute Gasteiger partial charge is 0.0685 e. The summed E-state index contributed by atoms with van der Waals surface area (Å²) in [6.07, 6.45) is 8.88. The molecule has 0 fully saturated rings. The normalized spacial score (nSPS) is 13.3. The summed E-state index contributed by atoms with van der Waals surface area (Å²) >= 11 is 0. The van der Waals surface area contributed by atoms with Gasteiger partial charge in [0.25, 0.3) is 0 Å². The quantitative estimate of drug-likeness (QED) is 0.383. The number of aliphatic hydroxyl groups excluding tert-OH is 3. The Hall–Kier alpha value is -1.94. The molecule has 0 aliphatic heterocycles. The number of hydrogen-bond acceptors (Lipinski definition) is 3. The van der Waals surface area contributed by atoms with E-state index in [2.05, 4.69) is 65.0 Å². The average molecular weight is 439 g/mol. The maximum atomic E-state index is 10.2. The summed E-state index contributed by atoms with van der Waals surface area (Å²) in [6.45, 7) is 10.7. The van der Waals surface area contributed by atoms with Gasteiger partial charge in [-0.2, -0.15) is 0 Å². The van der Waals surface area contributed by atoms with E-state index >= 15 is 0 Å². The van der Waals surface area contributed by atoms with Crippen LogP contribution < -0.4 is 0 Å². The number of aliphatic hydroxyl groups is 3. The molecule has 176 valence electrons. The summed E-state index contributed by atoms with van der Waals surface area (Å²) in [5.41, 5.74) is 6.56. The lowest BCUT2D eigenvalue weighted by Gasteiger charge is -2.30. The Bertz CT molecular complexity index is 878. The standard InChI is InChI=1S/C29H42O3/c1-6-23-18-27(13-11-24(23)12-14-28(32)21(4)5)29(7-2,8-3)16-15-22-9-10-25(19-30)26(17-22)20-31/h9-11,13,15-18,21,28,30-32H,6-8,12,14,19-20H2,1-5H3. The van der Waals surface area contributed by atoms with Gasteiger partial charge in [-0.05, 0) is 77.5 Å². The van der Waals surface area contributed by atoms with Crippen LogP contribution in [0.3, 0.4) is 0 Å². The Morgan fingerprint density at radius 1 is 0.844 bits per heavy atom. The van der Waals surface area contributed by atoms with Gasteiger partial charge in [-0.1, -0.05) is 77.1 Å². The molecular weight excluding hydrogens is 396 g/mol. The van der Waals surface area contributed by atoms with Crippen molar-refractivity contribution >= 4 is 6.08 Å². The molecule has 0 amide bonds. The molecule has 1 atom stereocenters. The average Bonchev–Trinajstić information content (AvgIpc) is 2.83. The molecule has 0 aliphatic carbocycles. The van der Waals surface area contributed by atoms with Crippen LogP contribution >= 0.6 is 0 Å².